The van der Waals surface area contributed by atoms with Crippen LogP contribution in [0.1, 0.15) is 35.0 Å². The van der Waals surface area contributed by atoms with Gasteiger partial charge in [-0.3, -0.25) is 10.2 Å². The summed E-state index contributed by atoms with van der Waals surface area (Å²) in [6.07, 6.45) is 4.73. The summed E-state index contributed by atoms with van der Waals surface area (Å²) in [4.78, 5) is 29.2. The summed E-state index contributed by atoms with van der Waals surface area (Å²) >= 11 is 0. The number of rotatable bonds is 4. The number of nitrogens with zero attached hydrogens (tertiary/aromatic N) is 4. The van der Waals surface area contributed by atoms with Crippen molar-refractivity contribution in [2.75, 3.05) is 10.7 Å². The first-order chi connectivity index (χ1) is 15.6. The fourth-order valence-corrected chi connectivity index (χ4v) is 3.71. The van der Waals surface area contributed by atoms with Gasteiger partial charge in [-0.25, -0.2) is 14.3 Å². The number of fused-ring (bicyclic) bond motifs is 2. The Morgan fingerprint density at radius 1 is 1.19 bits per heavy atom. The Morgan fingerprint density at radius 2 is 2.03 bits per heavy atom. The van der Waals surface area contributed by atoms with E-state index in [1.807, 2.05) is 12.1 Å². The minimum atomic E-state index is -0.582. The predicted molar refractivity (Wildman–Crippen MR) is 120 cm³/mol. The van der Waals surface area contributed by atoms with Crippen molar-refractivity contribution in [1.29, 1.82) is 0 Å². The second kappa shape index (κ2) is 8.10. The molecule has 1 aliphatic rings. The van der Waals surface area contributed by atoms with Gasteiger partial charge < -0.3 is 9.73 Å². The lowest BCUT2D eigenvalue weighted by molar-refractivity contribution is 0.102. The predicted octanol–water partition coefficient (Wildman–Crippen LogP) is 3.33. The molecule has 9 nitrogen and oxygen atoms in total. The summed E-state index contributed by atoms with van der Waals surface area (Å²) in [6, 6.07) is 14.0. The zero-order valence-corrected chi connectivity index (χ0v) is 17.3. The maximum absolute atomic E-state index is 12.5. The number of carbonyl (C=O) groups is 1. The highest BCUT2D eigenvalue weighted by Gasteiger charge is 2.25. The van der Waals surface area contributed by atoms with E-state index in [0.717, 1.165) is 11.4 Å². The molecule has 3 aromatic heterocycles. The van der Waals surface area contributed by atoms with Gasteiger partial charge >= 0.3 is 5.63 Å². The molecular weight excluding hydrogens is 408 g/mol. The maximum atomic E-state index is 12.5. The van der Waals surface area contributed by atoms with Crippen LogP contribution < -0.4 is 16.4 Å². The van der Waals surface area contributed by atoms with Crippen molar-refractivity contribution in [2.24, 2.45) is 11.0 Å². The van der Waals surface area contributed by atoms with E-state index in [1.165, 1.54) is 0 Å². The molecule has 0 radical (unpaired) electrons. The Kier molecular flexibility index (Phi) is 4.98. The van der Waals surface area contributed by atoms with Gasteiger partial charge in [0.05, 0.1) is 5.71 Å². The molecule has 0 fully saturated rings. The average Bonchev–Trinajstić information content (AvgIpc) is 3.26. The molecule has 0 aliphatic heterocycles. The van der Waals surface area contributed by atoms with Crippen LogP contribution in [0.4, 0.5) is 11.5 Å². The summed E-state index contributed by atoms with van der Waals surface area (Å²) in [5.41, 5.74) is 5.09. The van der Waals surface area contributed by atoms with Gasteiger partial charge in [0.15, 0.2) is 11.5 Å². The largest absolute Gasteiger partial charge is 0.426 e. The molecule has 1 aromatic carbocycles. The van der Waals surface area contributed by atoms with Crippen molar-refractivity contribution >= 4 is 28.8 Å². The van der Waals surface area contributed by atoms with Crippen LogP contribution in [0, 0.1) is 5.92 Å². The molecule has 0 spiro atoms. The first kappa shape index (κ1) is 19.7. The van der Waals surface area contributed by atoms with E-state index in [0.29, 0.717) is 35.5 Å². The minimum absolute atomic E-state index is 0.0813. The van der Waals surface area contributed by atoms with Crippen LogP contribution in [0.5, 0.6) is 0 Å². The molecule has 1 unspecified atom stereocenters. The highest BCUT2D eigenvalue weighted by atomic mass is 16.4. The fourth-order valence-electron chi connectivity index (χ4n) is 3.71. The summed E-state index contributed by atoms with van der Waals surface area (Å²) in [5, 5.41) is 11.6. The van der Waals surface area contributed by atoms with E-state index in [4.69, 9.17) is 4.42 Å². The Balaban J connectivity index is 1.45. The van der Waals surface area contributed by atoms with Crippen molar-refractivity contribution < 1.29 is 9.21 Å². The second-order valence-electron chi connectivity index (χ2n) is 7.74. The molecular formula is C23H20N6O3. The molecule has 0 saturated carbocycles. The first-order valence-electron chi connectivity index (χ1n) is 10.2. The third kappa shape index (κ3) is 3.87. The van der Waals surface area contributed by atoms with Crippen molar-refractivity contribution in [3.63, 3.8) is 0 Å². The number of benzene rings is 1. The lowest BCUT2D eigenvalue weighted by Gasteiger charge is -2.22. The monoisotopic (exact) mass is 428 g/mol. The number of hydrogen-bond acceptors (Lipinski definition) is 7. The molecule has 1 amide bonds. The van der Waals surface area contributed by atoms with Crippen LogP contribution in [0.2, 0.25) is 0 Å². The Hall–Kier alpha value is -4.27. The first-order valence-corrected chi connectivity index (χ1v) is 10.2. The molecule has 3 heterocycles. The zero-order valence-electron chi connectivity index (χ0n) is 17.3. The number of carbonyl (C=O) groups excluding carboxylic acids is 1. The summed E-state index contributed by atoms with van der Waals surface area (Å²) < 4.78 is 7.21. The second-order valence-corrected chi connectivity index (χ2v) is 7.74. The standard InChI is InChI=1S/C23H20N6O3/c1-14-11-17(26-27-20-7-8-21-24-9-10-29(21)28-20)16-13-18(23(31)32-19(16)12-14)25-22(30)15-5-3-2-4-6-15/h2-10,13-14H,11-12H2,1H3,(H,25,30)(H,27,28)/b26-17+. The van der Waals surface area contributed by atoms with Crippen LogP contribution in [0.15, 0.2) is 75.2 Å². The molecule has 1 atom stereocenters. The van der Waals surface area contributed by atoms with Crippen molar-refractivity contribution in [3.05, 3.63) is 88.2 Å². The quantitative estimate of drug-likeness (QED) is 0.482. The number of hydrogen-bond donors (Lipinski definition) is 2. The molecule has 1 aliphatic carbocycles. The molecule has 4 aromatic rings. The SMILES string of the molecule is CC1C/C(=N\Nc2ccc3nccn3n2)c2cc(NC(=O)c3ccccc3)c(=O)oc2C1. The van der Waals surface area contributed by atoms with Crippen LogP contribution in [0.3, 0.4) is 0 Å². The molecule has 32 heavy (non-hydrogen) atoms. The van der Waals surface area contributed by atoms with Crippen LogP contribution >= 0.6 is 0 Å². The molecule has 0 saturated heterocycles. The number of aromatic nitrogens is 3. The Labute approximate surface area is 182 Å². The number of imidazole rings is 1. The van der Waals surface area contributed by atoms with Gasteiger partial charge in [0, 0.05) is 29.9 Å². The smallest absolute Gasteiger partial charge is 0.359 e. The number of anilines is 2. The average molecular weight is 428 g/mol. The van der Waals surface area contributed by atoms with Crippen molar-refractivity contribution in [1.82, 2.24) is 14.6 Å². The van der Waals surface area contributed by atoms with Gasteiger partial charge in [0.1, 0.15) is 11.4 Å². The Bertz CT molecular complexity index is 1390. The Morgan fingerprint density at radius 3 is 2.88 bits per heavy atom. The zero-order chi connectivity index (χ0) is 22.1. The van der Waals surface area contributed by atoms with Gasteiger partial charge in [-0.1, -0.05) is 25.1 Å². The molecule has 160 valence electrons. The van der Waals surface area contributed by atoms with Crippen molar-refractivity contribution in [2.45, 2.75) is 19.8 Å². The molecule has 0 bridgehead atoms. The summed E-state index contributed by atoms with van der Waals surface area (Å²) in [7, 11) is 0. The topological polar surface area (TPSA) is 114 Å². The van der Waals surface area contributed by atoms with Gasteiger partial charge in [-0.05, 0) is 42.7 Å². The van der Waals surface area contributed by atoms with Gasteiger partial charge in [-0.2, -0.15) is 5.10 Å². The summed E-state index contributed by atoms with van der Waals surface area (Å²) in [6.45, 7) is 2.07. The van der Waals surface area contributed by atoms with E-state index in [-0.39, 0.29) is 17.5 Å². The number of amides is 1. The molecule has 9 heteroatoms. The summed E-state index contributed by atoms with van der Waals surface area (Å²) in [5.74, 6) is 0.985. The van der Waals surface area contributed by atoms with Crippen LogP contribution in [-0.2, 0) is 6.42 Å². The van der Waals surface area contributed by atoms with Crippen LogP contribution in [-0.4, -0.2) is 26.2 Å². The highest BCUT2D eigenvalue weighted by Crippen LogP contribution is 2.27. The van der Waals surface area contributed by atoms with Crippen molar-refractivity contribution in [3.8, 4) is 0 Å². The third-order valence-corrected chi connectivity index (χ3v) is 5.26. The van der Waals surface area contributed by atoms with E-state index in [2.05, 4.69) is 32.9 Å². The van der Waals surface area contributed by atoms with E-state index in [9.17, 15) is 9.59 Å². The van der Waals surface area contributed by atoms with Gasteiger partial charge in [0.25, 0.3) is 5.91 Å². The van der Waals surface area contributed by atoms with E-state index < -0.39 is 5.63 Å². The highest BCUT2D eigenvalue weighted by molar-refractivity contribution is 6.06. The third-order valence-electron chi connectivity index (χ3n) is 5.26. The van der Waals surface area contributed by atoms with E-state index in [1.54, 1.807) is 53.3 Å². The lowest BCUT2D eigenvalue weighted by Crippen LogP contribution is -2.25. The van der Waals surface area contributed by atoms with E-state index >= 15 is 0 Å². The lowest BCUT2D eigenvalue weighted by atomic mass is 9.87. The maximum Gasteiger partial charge on any atom is 0.359 e. The molecule has 2 N–H and O–H groups in total. The fraction of sp³-hybridized carbons (Fsp3) is 0.174. The van der Waals surface area contributed by atoms with Crippen LogP contribution in [0.25, 0.3) is 5.65 Å². The number of nitrogens with one attached hydrogen (secondary N) is 2. The van der Waals surface area contributed by atoms with Gasteiger partial charge in [-0.15, -0.1) is 5.10 Å². The minimum Gasteiger partial charge on any atom is -0.426 e. The molecule has 5 rings (SSSR count). The van der Waals surface area contributed by atoms with Gasteiger partial charge in [0.2, 0.25) is 0 Å². The number of hydrazone groups is 1. The normalized spacial score (nSPS) is 16.7.